The van der Waals surface area contributed by atoms with Crippen LogP contribution in [-0.4, -0.2) is 42.3 Å². The third-order valence-corrected chi connectivity index (χ3v) is 6.20. The van der Waals surface area contributed by atoms with Crippen molar-refractivity contribution >= 4 is 23.0 Å². The zero-order valence-electron chi connectivity index (χ0n) is 17.9. The molecule has 1 aromatic heterocycles. The van der Waals surface area contributed by atoms with E-state index in [2.05, 4.69) is 15.4 Å². The van der Waals surface area contributed by atoms with Crippen molar-refractivity contribution in [1.29, 1.82) is 5.26 Å². The number of thiocarbonyl (C=S) groups is 1. The number of aromatic amines is 1. The van der Waals surface area contributed by atoms with E-state index in [1.165, 1.54) is 29.3 Å². The summed E-state index contributed by atoms with van der Waals surface area (Å²) < 4.78 is 55.1. The van der Waals surface area contributed by atoms with Crippen molar-refractivity contribution in [3.63, 3.8) is 0 Å². The minimum atomic E-state index is -4.76. The number of nitrogens with zero attached hydrogens (tertiary/aromatic N) is 5. The van der Waals surface area contributed by atoms with E-state index in [-0.39, 0.29) is 22.9 Å². The maximum atomic E-state index is 14.7. The van der Waals surface area contributed by atoms with Gasteiger partial charge in [-0.05, 0) is 62.0 Å². The van der Waals surface area contributed by atoms with Crippen molar-refractivity contribution in [1.82, 2.24) is 20.3 Å². The molecule has 3 aromatic rings. The van der Waals surface area contributed by atoms with E-state index in [4.69, 9.17) is 17.5 Å². The number of anilines is 1. The molecule has 4 rings (SSSR count). The lowest BCUT2D eigenvalue weighted by atomic mass is 10.0. The van der Waals surface area contributed by atoms with Gasteiger partial charge in [0.05, 0.1) is 28.9 Å². The Bertz CT molecular complexity index is 1290. The fourth-order valence-electron chi connectivity index (χ4n) is 3.85. The largest absolute Gasteiger partial charge is 0.417 e. The first-order valence-electron chi connectivity index (χ1n) is 10.0. The van der Waals surface area contributed by atoms with Crippen LogP contribution in [0.5, 0.6) is 0 Å². The molecule has 2 N–H and O–H groups in total. The van der Waals surface area contributed by atoms with Crippen molar-refractivity contribution in [3.8, 4) is 17.3 Å². The Kier molecular flexibility index (Phi) is 5.79. The van der Waals surface area contributed by atoms with E-state index in [0.717, 1.165) is 12.1 Å². The predicted octanol–water partition coefficient (Wildman–Crippen LogP) is 4.21. The Morgan fingerprint density at radius 2 is 1.97 bits per heavy atom. The molecular weight excluding hydrogens is 472 g/mol. The lowest BCUT2D eigenvalue weighted by Gasteiger charge is -2.33. The number of nitrogens with one attached hydrogen (secondary N) is 1. The summed E-state index contributed by atoms with van der Waals surface area (Å²) in [6.45, 7) is 3.45. The standard InChI is InChI=1S/C22H18F4N6OS/c1-21(2)19(33)32(14-5-4-13(9-27)16(8-14)22(24,25)26)20(34)31(21)11-12-3-6-15(17(23)7-12)18-10-28-30-29-18/h3-8,10,19,33H,11H2,1-2H3,(H,28,29,30). The molecule has 1 saturated heterocycles. The quantitative estimate of drug-likeness (QED) is 0.418. The first-order chi connectivity index (χ1) is 15.9. The maximum Gasteiger partial charge on any atom is 0.417 e. The zero-order chi connectivity index (χ0) is 24.8. The number of aliphatic hydroxyl groups is 1. The monoisotopic (exact) mass is 490 g/mol. The first-order valence-corrected chi connectivity index (χ1v) is 10.4. The smallest absolute Gasteiger partial charge is 0.371 e. The number of benzene rings is 2. The van der Waals surface area contributed by atoms with Gasteiger partial charge in [0.2, 0.25) is 0 Å². The molecule has 2 aromatic carbocycles. The molecule has 0 aliphatic carbocycles. The predicted molar refractivity (Wildman–Crippen MR) is 119 cm³/mol. The number of aromatic nitrogens is 3. The van der Waals surface area contributed by atoms with Gasteiger partial charge in [-0.25, -0.2) is 4.39 Å². The van der Waals surface area contributed by atoms with E-state index in [1.807, 2.05) is 0 Å². The number of hydrogen-bond donors (Lipinski definition) is 2. The fraction of sp³-hybridized carbons (Fsp3) is 0.273. The van der Waals surface area contributed by atoms with Gasteiger partial charge in [-0.2, -0.15) is 18.4 Å². The summed E-state index contributed by atoms with van der Waals surface area (Å²) in [6.07, 6.45) is -4.60. The summed E-state index contributed by atoms with van der Waals surface area (Å²) in [5.74, 6) is -0.534. The van der Waals surface area contributed by atoms with Crippen molar-refractivity contribution in [2.75, 3.05) is 4.90 Å². The lowest BCUT2D eigenvalue weighted by Crippen LogP contribution is -2.46. The third-order valence-electron chi connectivity index (χ3n) is 5.78. The summed E-state index contributed by atoms with van der Waals surface area (Å²) in [4.78, 5) is 2.81. The van der Waals surface area contributed by atoms with Gasteiger partial charge in [0.15, 0.2) is 11.3 Å². The highest BCUT2D eigenvalue weighted by atomic mass is 32.1. The van der Waals surface area contributed by atoms with Crippen LogP contribution in [0.1, 0.15) is 30.5 Å². The number of hydrogen-bond acceptors (Lipinski definition) is 5. The summed E-state index contributed by atoms with van der Waals surface area (Å²) in [6, 6.07) is 9.18. The van der Waals surface area contributed by atoms with Gasteiger partial charge in [-0.15, -0.1) is 5.10 Å². The Hall–Kier alpha value is -3.56. The van der Waals surface area contributed by atoms with Crippen LogP contribution in [-0.2, 0) is 12.7 Å². The van der Waals surface area contributed by atoms with Gasteiger partial charge in [0, 0.05) is 17.8 Å². The van der Waals surface area contributed by atoms with Crippen molar-refractivity contribution in [3.05, 3.63) is 65.1 Å². The second kappa shape index (κ2) is 8.34. The lowest BCUT2D eigenvalue weighted by molar-refractivity contribution is -0.137. The van der Waals surface area contributed by atoms with Gasteiger partial charge in [-0.1, -0.05) is 11.3 Å². The second-order valence-electron chi connectivity index (χ2n) is 8.28. The first kappa shape index (κ1) is 23.6. The van der Waals surface area contributed by atoms with Gasteiger partial charge in [-0.3, -0.25) is 10.00 Å². The molecule has 0 saturated carbocycles. The number of H-pyrrole nitrogens is 1. The van der Waals surface area contributed by atoms with Crippen LogP contribution in [0.2, 0.25) is 0 Å². The number of aliphatic hydroxyl groups excluding tert-OH is 1. The number of rotatable bonds is 4. The second-order valence-corrected chi connectivity index (χ2v) is 8.64. The number of alkyl halides is 3. The van der Waals surface area contributed by atoms with E-state index in [0.29, 0.717) is 11.3 Å². The molecule has 1 aliphatic rings. The molecule has 34 heavy (non-hydrogen) atoms. The van der Waals surface area contributed by atoms with E-state index < -0.39 is 34.9 Å². The molecule has 1 unspecified atom stereocenters. The Morgan fingerprint density at radius 3 is 2.56 bits per heavy atom. The van der Waals surface area contributed by atoms with Crippen LogP contribution >= 0.6 is 12.2 Å². The van der Waals surface area contributed by atoms with Crippen LogP contribution in [0, 0.1) is 17.1 Å². The van der Waals surface area contributed by atoms with Crippen LogP contribution < -0.4 is 4.90 Å². The molecule has 0 amide bonds. The average molecular weight is 490 g/mol. The molecule has 7 nitrogen and oxygen atoms in total. The SMILES string of the molecule is CC1(C)C(O)N(c2ccc(C#N)c(C(F)(F)F)c2)C(=S)N1Cc1ccc(-c2c[nH]nn2)c(F)c1. The molecule has 0 bridgehead atoms. The summed E-state index contributed by atoms with van der Waals surface area (Å²) in [7, 11) is 0. The molecule has 176 valence electrons. The summed E-state index contributed by atoms with van der Waals surface area (Å²) in [5, 5.41) is 30.0. The Morgan fingerprint density at radius 1 is 1.24 bits per heavy atom. The van der Waals surface area contributed by atoms with Crippen LogP contribution in [0.15, 0.2) is 42.6 Å². The fourth-order valence-corrected chi connectivity index (χ4v) is 4.36. The maximum absolute atomic E-state index is 14.7. The van der Waals surface area contributed by atoms with Crippen molar-refractivity contribution in [2.45, 2.75) is 38.3 Å². The molecular formula is C22H18F4N6OS. The molecule has 1 fully saturated rings. The topological polar surface area (TPSA) is 92.1 Å². The number of nitriles is 1. The normalized spacial score (nSPS) is 17.8. The molecule has 2 heterocycles. The molecule has 12 heteroatoms. The summed E-state index contributed by atoms with van der Waals surface area (Å²) in [5.41, 5.74) is -1.57. The highest BCUT2D eigenvalue weighted by molar-refractivity contribution is 7.80. The average Bonchev–Trinajstić information content (AvgIpc) is 3.35. The minimum absolute atomic E-state index is 0.00744. The van der Waals surface area contributed by atoms with Gasteiger partial charge < -0.3 is 10.0 Å². The van der Waals surface area contributed by atoms with Gasteiger partial charge in [0.25, 0.3) is 0 Å². The van der Waals surface area contributed by atoms with Gasteiger partial charge >= 0.3 is 6.18 Å². The third kappa shape index (κ3) is 3.97. The minimum Gasteiger partial charge on any atom is -0.371 e. The van der Waals surface area contributed by atoms with Gasteiger partial charge in [0.1, 0.15) is 11.5 Å². The van der Waals surface area contributed by atoms with E-state index in [1.54, 1.807) is 30.9 Å². The molecule has 0 radical (unpaired) electrons. The molecule has 0 spiro atoms. The highest BCUT2D eigenvalue weighted by Gasteiger charge is 2.49. The summed E-state index contributed by atoms with van der Waals surface area (Å²) >= 11 is 5.52. The number of halogens is 4. The van der Waals surface area contributed by atoms with Crippen molar-refractivity contribution < 1.29 is 22.7 Å². The van der Waals surface area contributed by atoms with Crippen LogP contribution in [0.3, 0.4) is 0 Å². The molecule has 1 atom stereocenters. The Balaban J connectivity index is 1.66. The van der Waals surface area contributed by atoms with E-state index in [9.17, 15) is 22.7 Å². The van der Waals surface area contributed by atoms with E-state index >= 15 is 0 Å². The van der Waals surface area contributed by atoms with Crippen LogP contribution in [0.25, 0.3) is 11.3 Å². The molecule has 1 aliphatic heterocycles. The van der Waals surface area contributed by atoms with Crippen LogP contribution in [0.4, 0.5) is 23.2 Å². The zero-order valence-corrected chi connectivity index (χ0v) is 18.7. The highest BCUT2D eigenvalue weighted by Crippen LogP contribution is 2.40. The van der Waals surface area contributed by atoms with Crippen molar-refractivity contribution in [2.24, 2.45) is 0 Å². The Labute approximate surface area is 197 Å².